The summed E-state index contributed by atoms with van der Waals surface area (Å²) in [5.41, 5.74) is 2.42. The standard InChI is InChI=1S/C19H22N2O3/c1-2-24-18-6-4-3-5-17(18)20-19(22)15-7-9-16(10-8-15)21-11-13-23-14-12-21/h3-10H,2,11-14H2,1H3,(H,20,22). The van der Waals surface area contributed by atoms with E-state index in [9.17, 15) is 4.79 Å². The molecule has 5 nitrogen and oxygen atoms in total. The highest BCUT2D eigenvalue weighted by molar-refractivity contribution is 6.05. The van der Waals surface area contributed by atoms with E-state index >= 15 is 0 Å². The Labute approximate surface area is 142 Å². The van der Waals surface area contributed by atoms with Crippen LogP contribution in [0.3, 0.4) is 0 Å². The van der Waals surface area contributed by atoms with Crippen molar-refractivity contribution in [1.82, 2.24) is 0 Å². The van der Waals surface area contributed by atoms with E-state index in [1.165, 1.54) is 0 Å². The number of amides is 1. The second-order valence-corrected chi connectivity index (χ2v) is 5.53. The maximum absolute atomic E-state index is 12.5. The largest absolute Gasteiger partial charge is 0.492 e. The van der Waals surface area contributed by atoms with Crippen molar-refractivity contribution in [2.24, 2.45) is 0 Å². The van der Waals surface area contributed by atoms with Crippen LogP contribution >= 0.6 is 0 Å². The van der Waals surface area contributed by atoms with Crippen molar-refractivity contribution in [2.75, 3.05) is 43.1 Å². The molecule has 1 amide bonds. The Kier molecular flexibility index (Phi) is 5.33. The number of para-hydroxylation sites is 2. The van der Waals surface area contributed by atoms with E-state index in [0.29, 0.717) is 23.6 Å². The maximum atomic E-state index is 12.5. The topological polar surface area (TPSA) is 50.8 Å². The summed E-state index contributed by atoms with van der Waals surface area (Å²) in [4.78, 5) is 14.7. The minimum Gasteiger partial charge on any atom is -0.492 e. The molecule has 2 aromatic rings. The molecule has 1 fully saturated rings. The van der Waals surface area contributed by atoms with Gasteiger partial charge in [-0.15, -0.1) is 0 Å². The predicted molar refractivity (Wildman–Crippen MR) is 95.0 cm³/mol. The van der Waals surface area contributed by atoms with E-state index in [4.69, 9.17) is 9.47 Å². The van der Waals surface area contributed by atoms with E-state index < -0.39 is 0 Å². The van der Waals surface area contributed by atoms with Gasteiger partial charge in [-0.1, -0.05) is 12.1 Å². The third-order valence-electron chi connectivity index (χ3n) is 3.94. The van der Waals surface area contributed by atoms with Crippen molar-refractivity contribution in [2.45, 2.75) is 6.92 Å². The van der Waals surface area contributed by atoms with E-state index in [1.54, 1.807) is 0 Å². The molecule has 0 unspecified atom stereocenters. The summed E-state index contributed by atoms with van der Waals surface area (Å²) in [7, 11) is 0. The second-order valence-electron chi connectivity index (χ2n) is 5.53. The van der Waals surface area contributed by atoms with Gasteiger partial charge in [-0.3, -0.25) is 4.79 Å². The number of carbonyl (C=O) groups is 1. The molecular weight excluding hydrogens is 304 g/mol. The lowest BCUT2D eigenvalue weighted by Gasteiger charge is -2.28. The van der Waals surface area contributed by atoms with Gasteiger partial charge in [-0.2, -0.15) is 0 Å². The molecule has 1 N–H and O–H groups in total. The summed E-state index contributed by atoms with van der Waals surface area (Å²) in [6.45, 7) is 5.73. The lowest BCUT2D eigenvalue weighted by Crippen LogP contribution is -2.36. The summed E-state index contributed by atoms with van der Waals surface area (Å²) in [6.07, 6.45) is 0. The fourth-order valence-corrected chi connectivity index (χ4v) is 2.69. The zero-order chi connectivity index (χ0) is 16.8. The Hall–Kier alpha value is -2.53. The Balaban J connectivity index is 1.69. The zero-order valence-corrected chi connectivity index (χ0v) is 13.8. The molecule has 0 radical (unpaired) electrons. The van der Waals surface area contributed by atoms with Crippen LogP contribution in [-0.4, -0.2) is 38.8 Å². The second kappa shape index (κ2) is 7.84. The molecule has 0 bridgehead atoms. The summed E-state index contributed by atoms with van der Waals surface area (Å²) in [5.74, 6) is 0.536. The molecule has 0 saturated carbocycles. The Morgan fingerprint density at radius 2 is 1.83 bits per heavy atom. The Bertz CT molecular complexity index is 679. The van der Waals surface area contributed by atoms with Crippen LogP contribution in [0.25, 0.3) is 0 Å². The van der Waals surface area contributed by atoms with E-state index in [2.05, 4.69) is 10.2 Å². The summed E-state index contributed by atoms with van der Waals surface area (Å²) in [5, 5.41) is 2.91. The molecule has 0 spiro atoms. The van der Waals surface area contributed by atoms with E-state index in [-0.39, 0.29) is 5.91 Å². The van der Waals surface area contributed by atoms with E-state index in [1.807, 2.05) is 55.5 Å². The number of anilines is 2. The van der Waals surface area contributed by atoms with Crippen molar-refractivity contribution in [3.05, 3.63) is 54.1 Å². The number of nitrogens with zero attached hydrogens (tertiary/aromatic N) is 1. The average molecular weight is 326 g/mol. The third-order valence-corrected chi connectivity index (χ3v) is 3.94. The Morgan fingerprint density at radius 1 is 1.12 bits per heavy atom. The third kappa shape index (κ3) is 3.86. The van der Waals surface area contributed by atoms with Crippen LogP contribution in [0.15, 0.2) is 48.5 Å². The first-order chi connectivity index (χ1) is 11.8. The molecule has 1 aliphatic rings. The van der Waals surface area contributed by atoms with Crippen LogP contribution in [0.5, 0.6) is 5.75 Å². The molecule has 5 heteroatoms. The van der Waals surface area contributed by atoms with Crippen LogP contribution in [-0.2, 0) is 4.74 Å². The number of morpholine rings is 1. The average Bonchev–Trinajstić information content (AvgIpc) is 2.64. The van der Waals surface area contributed by atoms with Gasteiger partial charge in [0.05, 0.1) is 25.5 Å². The first-order valence-corrected chi connectivity index (χ1v) is 8.24. The fraction of sp³-hybridized carbons (Fsp3) is 0.316. The van der Waals surface area contributed by atoms with Crippen LogP contribution in [0.4, 0.5) is 11.4 Å². The molecule has 1 saturated heterocycles. The molecule has 126 valence electrons. The fourth-order valence-electron chi connectivity index (χ4n) is 2.69. The molecular formula is C19H22N2O3. The van der Waals surface area contributed by atoms with Crippen LogP contribution in [0.2, 0.25) is 0 Å². The number of carbonyl (C=O) groups excluding carboxylic acids is 1. The van der Waals surface area contributed by atoms with Crippen molar-refractivity contribution in [3.63, 3.8) is 0 Å². The van der Waals surface area contributed by atoms with Crippen molar-refractivity contribution >= 4 is 17.3 Å². The molecule has 2 aromatic carbocycles. The van der Waals surface area contributed by atoms with Gasteiger partial charge in [-0.25, -0.2) is 0 Å². The molecule has 24 heavy (non-hydrogen) atoms. The predicted octanol–water partition coefficient (Wildman–Crippen LogP) is 3.17. The smallest absolute Gasteiger partial charge is 0.255 e. The zero-order valence-electron chi connectivity index (χ0n) is 13.8. The minimum absolute atomic E-state index is 0.143. The van der Waals surface area contributed by atoms with Crippen LogP contribution in [0.1, 0.15) is 17.3 Å². The van der Waals surface area contributed by atoms with Crippen LogP contribution in [0, 0.1) is 0 Å². The SMILES string of the molecule is CCOc1ccccc1NC(=O)c1ccc(N2CCOCC2)cc1. The summed E-state index contributed by atoms with van der Waals surface area (Å²) in [6, 6.07) is 15.1. The maximum Gasteiger partial charge on any atom is 0.255 e. The molecule has 1 aliphatic heterocycles. The van der Waals surface area contributed by atoms with Crippen molar-refractivity contribution in [3.8, 4) is 5.75 Å². The number of hydrogen-bond acceptors (Lipinski definition) is 4. The highest BCUT2D eigenvalue weighted by Gasteiger charge is 2.13. The highest BCUT2D eigenvalue weighted by atomic mass is 16.5. The first kappa shape index (κ1) is 16.3. The molecule has 0 aliphatic carbocycles. The highest BCUT2D eigenvalue weighted by Crippen LogP contribution is 2.24. The summed E-state index contributed by atoms with van der Waals surface area (Å²) >= 11 is 0. The summed E-state index contributed by atoms with van der Waals surface area (Å²) < 4.78 is 10.9. The van der Waals surface area contributed by atoms with Crippen LogP contribution < -0.4 is 15.0 Å². The van der Waals surface area contributed by atoms with Crippen molar-refractivity contribution in [1.29, 1.82) is 0 Å². The van der Waals surface area contributed by atoms with Gasteiger partial charge in [0.15, 0.2) is 0 Å². The quantitative estimate of drug-likeness (QED) is 0.917. The molecule has 0 aromatic heterocycles. The lowest BCUT2D eigenvalue weighted by molar-refractivity contribution is 0.102. The van der Waals surface area contributed by atoms with Gasteiger partial charge in [0.1, 0.15) is 5.75 Å². The number of rotatable bonds is 5. The monoisotopic (exact) mass is 326 g/mol. The minimum atomic E-state index is -0.143. The number of nitrogens with one attached hydrogen (secondary N) is 1. The van der Waals surface area contributed by atoms with Gasteiger partial charge in [-0.05, 0) is 43.3 Å². The van der Waals surface area contributed by atoms with E-state index in [0.717, 1.165) is 32.0 Å². The van der Waals surface area contributed by atoms with Crippen molar-refractivity contribution < 1.29 is 14.3 Å². The van der Waals surface area contributed by atoms with Gasteiger partial charge >= 0.3 is 0 Å². The Morgan fingerprint density at radius 3 is 2.54 bits per heavy atom. The number of hydrogen-bond donors (Lipinski definition) is 1. The first-order valence-electron chi connectivity index (χ1n) is 8.24. The van der Waals surface area contributed by atoms with Gasteiger partial charge in [0, 0.05) is 24.3 Å². The lowest BCUT2D eigenvalue weighted by atomic mass is 10.1. The molecule has 0 atom stereocenters. The molecule has 3 rings (SSSR count). The molecule has 1 heterocycles. The van der Waals surface area contributed by atoms with Gasteiger partial charge in [0.2, 0.25) is 0 Å². The van der Waals surface area contributed by atoms with Gasteiger partial charge in [0.25, 0.3) is 5.91 Å². The number of ether oxygens (including phenoxy) is 2. The normalized spacial score (nSPS) is 14.3. The van der Waals surface area contributed by atoms with Gasteiger partial charge < -0.3 is 19.7 Å². The number of benzene rings is 2.